The molecule has 0 aliphatic rings. The fourth-order valence-corrected chi connectivity index (χ4v) is 3.66. The number of fused-ring (bicyclic) bond motifs is 1. The summed E-state index contributed by atoms with van der Waals surface area (Å²) in [4.78, 5) is 24.4. The first-order valence-corrected chi connectivity index (χ1v) is 11.1. The van der Waals surface area contributed by atoms with Gasteiger partial charge in [0.1, 0.15) is 5.03 Å². The summed E-state index contributed by atoms with van der Waals surface area (Å²) >= 11 is 1.33. The molecule has 2 N–H and O–H groups in total. The summed E-state index contributed by atoms with van der Waals surface area (Å²) in [6.07, 6.45) is 0.481. The van der Waals surface area contributed by atoms with Crippen molar-refractivity contribution in [1.29, 1.82) is 0 Å². The molecule has 4 aromatic rings. The molecule has 32 heavy (non-hydrogen) atoms. The lowest BCUT2D eigenvalue weighted by Crippen LogP contribution is -2.26. The Kier molecular flexibility index (Phi) is 6.76. The third-order valence-corrected chi connectivity index (χ3v) is 5.58. The Bertz CT molecular complexity index is 1220. The number of anilines is 1. The second-order valence-corrected chi connectivity index (χ2v) is 8.13. The molecule has 0 saturated carbocycles. The fourth-order valence-electron chi connectivity index (χ4n) is 3.00. The minimum Gasteiger partial charge on any atom is -0.352 e. The minimum atomic E-state index is -0.132. The first kappa shape index (κ1) is 21.5. The van der Waals surface area contributed by atoms with Crippen molar-refractivity contribution in [3.05, 3.63) is 83.7 Å². The number of benzene rings is 2. The highest BCUT2D eigenvalue weighted by atomic mass is 32.2. The van der Waals surface area contributed by atoms with Crippen LogP contribution in [0.2, 0.25) is 0 Å². The van der Waals surface area contributed by atoms with E-state index in [1.165, 1.54) is 11.8 Å². The van der Waals surface area contributed by atoms with Crippen LogP contribution >= 0.6 is 11.8 Å². The molecule has 2 heterocycles. The molecule has 0 spiro atoms. The lowest BCUT2D eigenvalue weighted by atomic mass is 10.1. The molecule has 0 fully saturated rings. The molecular formula is C23H22N6O2S. The van der Waals surface area contributed by atoms with E-state index in [9.17, 15) is 9.59 Å². The van der Waals surface area contributed by atoms with Crippen LogP contribution in [0.3, 0.4) is 0 Å². The van der Waals surface area contributed by atoms with E-state index in [0.717, 1.165) is 11.3 Å². The summed E-state index contributed by atoms with van der Waals surface area (Å²) in [5.74, 6) is 0.635. The van der Waals surface area contributed by atoms with Crippen LogP contribution in [0, 0.1) is 6.92 Å². The van der Waals surface area contributed by atoms with Gasteiger partial charge in [0, 0.05) is 24.2 Å². The van der Waals surface area contributed by atoms with Crippen LogP contribution in [0.25, 0.3) is 5.65 Å². The molecule has 0 radical (unpaired) electrons. The second-order valence-electron chi connectivity index (χ2n) is 7.13. The predicted octanol–water partition coefficient (Wildman–Crippen LogP) is 3.14. The van der Waals surface area contributed by atoms with E-state index in [0.29, 0.717) is 35.0 Å². The monoisotopic (exact) mass is 446 g/mol. The van der Waals surface area contributed by atoms with E-state index in [2.05, 4.69) is 25.9 Å². The normalized spacial score (nSPS) is 10.8. The van der Waals surface area contributed by atoms with E-state index >= 15 is 0 Å². The summed E-state index contributed by atoms with van der Waals surface area (Å²) in [5, 5.41) is 19.3. The van der Waals surface area contributed by atoms with Crippen LogP contribution in [0.4, 0.5) is 5.69 Å². The van der Waals surface area contributed by atoms with Crippen molar-refractivity contribution >= 4 is 34.9 Å². The van der Waals surface area contributed by atoms with Gasteiger partial charge in [-0.05, 0) is 43.3 Å². The topological polar surface area (TPSA) is 101 Å². The minimum absolute atomic E-state index is 0.106. The number of hydrogen-bond acceptors (Lipinski definition) is 6. The average Bonchev–Trinajstić information content (AvgIpc) is 3.21. The Balaban J connectivity index is 1.33. The van der Waals surface area contributed by atoms with Gasteiger partial charge in [0.05, 0.1) is 5.75 Å². The Morgan fingerprint density at radius 3 is 2.53 bits per heavy atom. The maximum Gasteiger partial charge on any atom is 0.251 e. The van der Waals surface area contributed by atoms with Gasteiger partial charge in [-0.15, -0.1) is 10.2 Å². The molecule has 8 nitrogen and oxygen atoms in total. The lowest BCUT2D eigenvalue weighted by Gasteiger charge is -2.06. The van der Waals surface area contributed by atoms with Gasteiger partial charge >= 0.3 is 0 Å². The zero-order chi connectivity index (χ0) is 22.3. The number of rotatable bonds is 8. The van der Waals surface area contributed by atoms with Crippen LogP contribution in [0.5, 0.6) is 0 Å². The Labute approximate surface area is 189 Å². The van der Waals surface area contributed by atoms with E-state index in [-0.39, 0.29) is 17.6 Å². The molecule has 2 amide bonds. The van der Waals surface area contributed by atoms with Gasteiger partial charge in [-0.2, -0.15) is 9.61 Å². The quantitative estimate of drug-likeness (QED) is 0.403. The van der Waals surface area contributed by atoms with Crippen molar-refractivity contribution < 1.29 is 9.59 Å². The molecule has 2 aromatic carbocycles. The van der Waals surface area contributed by atoms with Crippen LogP contribution in [-0.2, 0) is 11.2 Å². The number of hydrogen-bond donors (Lipinski definition) is 2. The standard InChI is InChI=1S/C23H22N6O2S/c1-16-7-9-17(10-8-16)23(31)24-14-13-20-27-26-19-11-12-22(28-29(19)20)32-15-21(30)25-18-5-3-2-4-6-18/h2-12H,13-15H2,1H3,(H,24,31)(H,25,30). The van der Waals surface area contributed by atoms with Crippen molar-refractivity contribution in [2.45, 2.75) is 18.4 Å². The van der Waals surface area contributed by atoms with Crippen LogP contribution in [0.15, 0.2) is 71.8 Å². The summed E-state index contributed by atoms with van der Waals surface area (Å²) in [6, 6.07) is 20.4. The number of aromatic nitrogens is 4. The van der Waals surface area contributed by atoms with E-state index in [4.69, 9.17) is 0 Å². The molecule has 0 aliphatic heterocycles. The number of carbonyl (C=O) groups is 2. The molecular weight excluding hydrogens is 424 g/mol. The van der Waals surface area contributed by atoms with Gasteiger partial charge in [0.2, 0.25) is 5.91 Å². The largest absolute Gasteiger partial charge is 0.352 e. The highest BCUT2D eigenvalue weighted by Gasteiger charge is 2.11. The molecule has 9 heteroatoms. The number of carbonyl (C=O) groups excluding carboxylic acids is 2. The maximum absolute atomic E-state index is 12.3. The van der Waals surface area contributed by atoms with Crippen molar-refractivity contribution in [3.63, 3.8) is 0 Å². The van der Waals surface area contributed by atoms with Gasteiger partial charge < -0.3 is 10.6 Å². The van der Waals surface area contributed by atoms with E-state index in [1.54, 1.807) is 16.6 Å². The van der Waals surface area contributed by atoms with Crippen molar-refractivity contribution in [1.82, 2.24) is 25.1 Å². The van der Waals surface area contributed by atoms with Gasteiger partial charge in [-0.3, -0.25) is 9.59 Å². The number of nitrogens with zero attached hydrogens (tertiary/aromatic N) is 4. The Hall–Kier alpha value is -3.72. The van der Waals surface area contributed by atoms with Crippen molar-refractivity contribution in [2.24, 2.45) is 0 Å². The number of para-hydroxylation sites is 1. The zero-order valence-corrected chi connectivity index (χ0v) is 18.3. The van der Waals surface area contributed by atoms with Gasteiger partial charge in [0.25, 0.3) is 5.91 Å². The Morgan fingerprint density at radius 1 is 0.969 bits per heavy atom. The molecule has 0 aliphatic carbocycles. The molecule has 0 saturated heterocycles. The SMILES string of the molecule is Cc1ccc(C(=O)NCCc2nnc3ccc(SCC(=O)Nc4ccccc4)nn23)cc1. The third kappa shape index (κ3) is 5.50. The number of nitrogens with one attached hydrogen (secondary N) is 2. The molecule has 0 bridgehead atoms. The summed E-state index contributed by atoms with van der Waals surface area (Å²) in [5.41, 5.74) is 3.10. The lowest BCUT2D eigenvalue weighted by molar-refractivity contribution is -0.113. The van der Waals surface area contributed by atoms with Crippen molar-refractivity contribution in [2.75, 3.05) is 17.6 Å². The molecule has 0 unspecified atom stereocenters. The van der Waals surface area contributed by atoms with E-state index in [1.807, 2.05) is 61.5 Å². The number of aryl methyl sites for hydroxylation is 1. The molecule has 162 valence electrons. The highest BCUT2D eigenvalue weighted by Crippen LogP contribution is 2.17. The second kappa shape index (κ2) is 10.1. The summed E-state index contributed by atoms with van der Waals surface area (Å²) in [7, 11) is 0. The average molecular weight is 447 g/mol. The van der Waals surface area contributed by atoms with Crippen LogP contribution in [-0.4, -0.2) is 43.9 Å². The fraction of sp³-hybridized carbons (Fsp3) is 0.174. The number of thioether (sulfide) groups is 1. The van der Waals surface area contributed by atoms with Gasteiger partial charge in [-0.25, -0.2) is 0 Å². The molecule has 0 atom stereocenters. The summed E-state index contributed by atoms with van der Waals surface area (Å²) in [6.45, 7) is 2.39. The maximum atomic E-state index is 12.3. The highest BCUT2D eigenvalue weighted by molar-refractivity contribution is 7.99. The van der Waals surface area contributed by atoms with Crippen LogP contribution < -0.4 is 10.6 Å². The van der Waals surface area contributed by atoms with Gasteiger partial charge in [0.15, 0.2) is 11.5 Å². The van der Waals surface area contributed by atoms with Gasteiger partial charge in [-0.1, -0.05) is 47.7 Å². The first-order valence-electron chi connectivity index (χ1n) is 10.1. The first-order chi connectivity index (χ1) is 15.6. The smallest absolute Gasteiger partial charge is 0.251 e. The predicted molar refractivity (Wildman–Crippen MR) is 124 cm³/mol. The Morgan fingerprint density at radius 2 is 1.75 bits per heavy atom. The van der Waals surface area contributed by atoms with Crippen LogP contribution in [0.1, 0.15) is 21.7 Å². The molecule has 2 aromatic heterocycles. The van der Waals surface area contributed by atoms with E-state index < -0.39 is 0 Å². The van der Waals surface area contributed by atoms with Crippen molar-refractivity contribution in [3.8, 4) is 0 Å². The summed E-state index contributed by atoms with van der Waals surface area (Å²) < 4.78 is 1.65. The third-order valence-electron chi connectivity index (χ3n) is 4.66. The zero-order valence-electron chi connectivity index (χ0n) is 17.5. The molecule has 4 rings (SSSR count). The number of amides is 2.